The fourth-order valence-electron chi connectivity index (χ4n) is 2.95. The van der Waals surface area contributed by atoms with Gasteiger partial charge in [-0.2, -0.15) is 0 Å². The van der Waals surface area contributed by atoms with E-state index in [1.165, 1.54) is 12.4 Å². The third-order valence-corrected chi connectivity index (χ3v) is 4.47. The number of aromatic nitrogens is 4. The second kappa shape index (κ2) is 6.18. The fourth-order valence-corrected chi connectivity index (χ4v) is 3.08. The van der Waals surface area contributed by atoms with Crippen LogP contribution in [0.5, 0.6) is 0 Å². The molecule has 1 aliphatic rings. The smallest absolute Gasteiger partial charge is 0.271 e. The maximum absolute atomic E-state index is 12.3. The second-order valence-corrected chi connectivity index (χ2v) is 6.31. The largest absolute Gasteiger partial charge is 0.350 e. The number of amides is 1. The Hall–Kier alpha value is -2.93. The molecule has 3 N–H and O–H groups in total. The summed E-state index contributed by atoms with van der Waals surface area (Å²) in [5.41, 5.74) is 2.27. The molecule has 126 valence electrons. The Bertz CT molecular complexity index is 993. The van der Waals surface area contributed by atoms with E-state index in [0.717, 1.165) is 11.3 Å². The highest BCUT2D eigenvalue weighted by Gasteiger charge is 2.26. The molecule has 1 unspecified atom stereocenters. The van der Waals surface area contributed by atoms with Crippen molar-refractivity contribution in [1.29, 1.82) is 0 Å². The molecule has 3 aromatic rings. The molecule has 1 aliphatic heterocycles. The molecule has 3 heterocycles. The van der Waals surface area contributed by atoms with Gasteiger partial charge in [-0.1, -0.05) is 23.7 Å². The molecule has 0 aliphatic carbocycles. The molecular formula is C17H14ClN5O2. The van der Waals surface area contributed by atoms with E-state index in [0.29, 0.717) is 35.2 Å². The van der Waals surface area contributed by atoms with Gasteiger partial charge in [-0.15, -0.1) is 0 Å². The lowest BCUT2D eigenvalue weighted by Crippen LogP contribution is -2.26. The molecular weight excluding hydrogens is 342 g/mol. The first-order chi connectivity index (χ1) is 12.1. The Morgan fingerprint density at radius 3 is 2.72 bits per heavy atom. The number of hydrogen-bond acceptors (Lipinski definition) is 4. The molecule has 0 spiro atoms. The zero-order valence-electron chi connectivity index (χ0n) is 13.0. The van der Waals surface area contributed by atoms with E-state index in [1.54, 1.807) is 0 Å². The molecule has 1 aromatic carbocycles. The molecule has 0 radical (unpaired) electrons. The van der Waals surface area contributed by atoms with Crippen molar-refractivity contribution in [3.05, 3.63) is 69.0 Å². The van der Waals surface area contributed by atoms with Gasteiger partial charge < -0.3 is 15.3 Å². The van der Waals surface area contributed by atoms with Gasteiger partial charge in [0.1, 0.15) is 11.4 Å². The summed E-state index contributed by atoms with van der Waals surface area (Å²) >= 11 is 5.95. The van der Waals surface area contributed by atoms with E-state index in [4.69, 9.17) is 11.6 Å². The van der Waals surface area contributed by atoms with E-state index in [9.17, 15) is 9.59 Å². The maximum atomic E-state index is 12.3. The summed E-state index contributed by atoms with van der Waals surface area (Å²) in [6.45, 7) is 0.517. The highest BCUT2D eigenvalue weighted by molar-refractivity contribution is 6.30. The van der Waals surface area contributed by atoms with Crippen LogP contribution in [0.25, 0.3) is 11.5 Å². The van der Waals surface area contributed by atoms with E-state index in [2.05, 4.69) is 25.3 Å². The number of H-pyrrole nitrogens is 2. The minimum atomic E-state index is -0.278. The maximum Gasteiger partial charge on any atom is 0.271 e. The average Bonchev–Trinajstić information content (AvgIpc) is 2.97. The van der Waals surface area contributed by atoms with E-state index < -0.39 is 0 Å². The van der Waals surface area contributed by atoms with Crippen LogP contribution in [0.15, 0.2) is 41.5 Å². The molecule has 7 nitrogen and oxygen atoms in total. The van der Waals surface area contributed by atoms with Gasteiger partial charge in [0.05, 0.1) is 6.33 Å². The van der Waals surface area contributed by atoms with Crippen LogP contribution in [0.1, 0.15) is 27.7 Å². The van der Waals surface area contributed by atoms with Gasteiger partial charge in [0.15, 0.2) is 5.82 Å². The molecule has 0 saturated heterocycles. The van der Waals surface area contributed by atoms with Crippen molar-refractivity contribution in [2.45, 2.75) is 12.3 Å². The summed E-state index contributed by atoms with van der Waals surface area (Å²) in [5, 5.41) is 3.57. The van der Waals surface area contributed by atoms with Gasteiger partial charge in [-0.05, 0) is 24.1 Å². The zero-order chi connectivity index (χ0) is 17.4. The van der Waals surface area contributed by atoms with Gasteiger partial charge in [0.2, 0.25) is 0 Å². The Morgan fingerprint density at radius 1 is 1.16 bits per heavy atom. The van der Waals surface area contributed by atoms with Gasteiger partial charge in [-0.25, -0.2) is 9.97 Å². The van der Waals surface area contributed by atoms with Crippen LogP contribution < -0.4 is 10.9 Å². The average molecular weight is 356 g/mol. The number of nitrogens with zero attached hydrogens (tertiary/aromatic N) is 2. The van der Waals surface area contributed by atoms with E-state index in [1.807, 2.05) is 24.3 Å². The van der Waals surface area contributed by atoms with E-state index in [-0.39, 0.29) is 17.4 Å². The summed E-state index contributed by atoms with van der Waals surface area (Å²) < 4.78 is 0. The van der Waals surface area contributed by atoms with Crippen LogP contribution >= 0.6 is 11.6 Å². The monoisotopic (exact) mass is 355 g/mol. The number of halogens is 1. The highest BCUT2D eigenvalue weighted by Crippen LogP contribution is 2.26. The molecule has 4 rings (SSSR count). The minimum Gasteiger partial charge on any atom is -0.350 e. The number of carbonyl (C=O) groups excluding carboxylic acids is 1. The first-order valence-corrected chi connectivity index (χ1v) is 8.15. The van der Waals surface area contributed by atoms with Crippen LogP contribution in [-0.2, 0) is 6.42 Å². The summed E-state index contributed by atoms with van der Waals surface area (Å²) in [5.74, 6) is 0.268. The topological polar surface area (TPSA) is 104 Å². The van der Waals surface area contributed by atoms with E-state index >= 15 is 0 Å². The SMILES string of the molecule is O=C1NCC(c2ccc(Cl)cc2)Cc2[nH]c(-c3cc(=O)[nH]cn3)nc21. The summed E-state index contributed by atoms with van der Waals surface area (Å²) in [6.07, 6.45) is 1.92. The lowest BCUT2D eigenvalue weighted by molar-refractivity contribution is 0.0950. The van der Waals surface area contributed by atoms with Gasteiger partial charge in [-0.3, -0.25) is 9.59 Å². The Morgan fingerprint density at radius 2 is 1.96 bits per heavy atom. The lowest BCUT2D eigenvalue weighted by Gasteiger charge is -2.14. The molecule has 0 fully saturated rings. The minimum absolute atomic E-state index is 0.0999. The van der Waals surface area contributed by atoms with Crippen molar-refractivity contribution in [2.75, 3.05) is 6.54 Å². The van der Waals surface area contributed by atoms with Crippen molar-refractivity contribution >= 4 is 17.5 Å². The standard InChI is InChI=1S/C17H14ClN5O2/c18-11-3-1-9(2-4-11)10-5-12-15(17(25)19-7-10)23-16(22-12)13-6-14(24)21-8-20-13/h1-4,6,8,10H,5,7H2,(H,19,25)(H,22,23)(H,20,21,24). The molecule has 0 saturated carbocycles. The molecule has 8 heteroatoms. The van der Waals surface area contributed by atoms with Crippen molar-refractivity contribution in [3.8, 4) is 11.5 Å². The Labute approximate surface area is 147 Å². The number of aromatic amines is 2. The summed E-state index contributed by atoms with van der Waals surface area (Å²) in [7, 11) is 0. The first kappa shape index (κ1) is 15.6. The van der Waals surface area contributed by atoms with Gasteiger partial charge in [0.25, 0.3) is 11.5 Å². The normalized spacial score (nSPS) is 16.8. The number of carbonyl (C=O) groups is 1. The highest BCUT2D eigenvalue weighted by atomic mass is 35.5. The second-order valence-electron chi connectivity index (χ2n) is 5.87. The fraction of sp³-hybridized carbons (Fsp3) is 0.176. The number of imidazole rings is 1. The van der Waals surface area contributed by atoms with Crippen molar-refractivity contribution in [1.82, 2.24) is 25.3 Å². The quantitative estimate of drug-likeness (QED) is 0.653. The molecule has 2 aromatic heterocycles. The van der Waals surface area contributed by atoms with Crippen LogP contribution in [0.4, 0.5) is 0 Å². The van der Waals surface area contributed by atoms with Gasteiger partial charge in [0, 0.05) is 29.2 Å². The third kappa shape index (κ3) is 3.06. The third-order valence-electron chi connectivity index (χ3n) is 4.22. The molecule has 1 amide bonds. The van der Waals surface area contributed by atoms with Crippen molar-refractivity contribution < 1.29 is 4.79 Å². The number of hydrogen-bond donors (Lipinski definition) is 3. The molecule has 0 bridgehead atoms. The zero-order valence-corrected chi connectivity index (χ0v) is 13.8. The lowest BCUT2D eigenvalue weighted by atomic mass is 9.94. The number of nitrogens with one attached hydrogen (secondary N) is 3. The first-order valence-electron chi connectivity index (χ1n) is 7.78. The van der Waals surface area contributed by atoms with Crippen LogP contribution in [0.2, 0.25) is 5.02 Å². The predicted molar refractivity (Wildman–Crippen MR) is 92.7 cm³/mol. The van der Waals surface area contributed by atoms with Crippen LogP contribution in [0, 0.1) is 0 Å². The number of rotatable bonds is 2. The summed E-state index contributed by atoms with van der Waals surface area (Å²) in [4.78, 5) is 37.8. The van der Waals surface area contributed by atoms with Crippen molar-refractivity contribution in [3.63, 3.8) is 0 Å². The number of benzene rings is 1. The van der Waals surface area contributed by atoms with Crippen molar-refractivity contribution in [2.24, 2.45) is 0 Å². The van der Waals surface area contributed by atoms with Gasteiger partial charge >= 0.3 is 0 Å². The van der Waals surface area contributed by atoms with Crippen LogP contribution in [-0.4, -0.2) is 32.4 Å². The summed E-state index contributed by atoms with van der Waals surface area (Å²) in [6, 6.07) is 8.93. The van der Waals surface area contributed by atoms with Crippen LogP contribution in [0.3, 0.4) is 0 Å². The molecule has 25 heavy (non-hydrogen) atoms. The number of fused-ring (bicyclic) bond motifs is 1. The molecule has 1 atom stereocenters. The Balaban J connectivity index is 1.71. The predicted octanol–water partition coefficient (Wildman–Crippen LogP) is 1.88. The Kier molecular flexibility index (Phi) is 3.85.